The molecule has 2 N–H and O–H groups in total. The number of nitrogens with one attached hydrogen (secondary N) is 2. The van der Waals surface area contributed by atoms with Gasteiger partial charge in [-0.05, 0) is 18.8 Å². The molecule has 1 rings (SSSR count). The smallest absolute Gasteiger partial charge is 0.131 e. The fourth-order valence-corrected chi connectivity index (χ4v) is 1.48. The Hall–Kier alpha value is -1.36. The fraction of sp³-hybridized carbons (Fsp3) is 0.714. The molecule has 0 aliphatic rings. The third-order valence-corrected chi connectivity index (χ3v) is 2.62. The van der Waals surface area contributed by atoms with Crippen LogP contribution in [0.3, 0.4) is 0 Å². The van der Waals surface area contributed by atoms with Crippen LogP contribution in [0.15, 0.2) is 12.4 Å². The summed E-state index contributed by atoms with van der Waals surface area (Å²) in [6.45, 7) is 9.75. The van der Waals surface area contributed by atoms with Crippen molar-refractivity contribution in [3.05, 3.63) is 12.4 Å². The summed E-state index contributed by atoms with van der Waals surface area (Å²) in [5.74, 6) is 2.39. The van der Waals surface area contributed by atoms with Crippen molar-refractivity contribution in [2.24, 2.45) is 5.92 Å². The lowest BCUT2D eigenvalue weighted by Gasteiger charge is -2.09. The highest BCUT2D eigenvalue weighted by atomic mass is 16.5. The first-order valence-corrected chi connectivity index (χ1v) is 7.10. The largest absolute Gasteiger partial charge is 0.380 e. The lowest BCUT2D eigenvalue weighted by Crippen LogP contribution is -2.12. The molecule has 0 atom stereocenters. The van der Waals surface area contributed by atoms with Gasteiger partial charge in [-0.2, -0.15) is 0 Å². The van der Waals surface area contributed by atoms with Crippen molar-refractivity contribution < 1.29 is 4.74 Å². The van der Waals surface area contributed by atoms with Crippen molar-refractivity contribution in [2.75, 3.05) is 36.9 Å². The first-order chi connectivity index (χ1) is 9.22. The monoisotopic (exact) mass is 266 g/mol. The highest BCUT2D eigenvalue weighted by Crippen LogP contribution is 2.08. The van der Waals surface area contributed by atoms with Crippen LogP contribution in [0.5, 0.6) is 0 Å². The molecule has 5 nitrogen and oxygen atoms in total. The van der Waals surface area contributed by atoms with Gasteiger partial charge >= 0.3 is 0 Å². The quantitative estimate of drug-likeness (QED) is 0.638. The highest BCUT2D eigenvalue weighted by Gasteiger charge is 1.98. The maximum Gasteiger partial charge on any atom is 0.131 e. The molecule has 0 radical (unpaired) electrons. The number of ether oxygens (including phenoxy) is 1. The van der Waals surface area contributed by atoms with E-state index in [0.717, 1.165) is 44.2 Å². The van der Waals surface area contributed by atoms with Gasteiger partial charge in [0.2, 0.25) is 0 Å². The maximum atomic E-state index is 5.54. The van der Waals surface area contributed by atoms with E-state index in [2.05, 4.69) is 41.4 Å². The van der Waals surface area contributed by atoms with Gasteiger partial charge in [-0.1, -0.05) is 20.8 Å². The number of aromatic nitrogens is 2. The summed E-state index contributed by atoms with van der Waals surface area (Å²) >= 11 is 0. The summed E-state index contributed by atoms with van der Waals surface area (Å²) in [4.78, 5) is 8.34. The van der Waals surface area contributed by atoms with Gasteiger partial charge in [0.15, 0.2) is 0 Å². The topological polar surface area (TPSA) is 59.1 Å². The van der Waals surface area contributed by atoms with Crippen LogP contribution in [0.2, 0.25) is 0 Å². The Morgan fingerprint density at radius 2 is 1.79 bits per heavy atom. The van der Waals surface area contributed by atoms with E-state index >= 15 is 0 Å². The van der Waals surface area contributed by atoms with Gasteiger partial charge < -0.3 is 15.4 Å². The zero-order chi connectivity index (χ0) is 13.9. The Labute approximate surface area is 116 Å². The molecule has 0 unspecified atom stereocenters. The van der Waals surface area contributed by atoms with E-state index in [4.69, 9.17) is 4.74 Å². The average molecular weight is 266 g/mol. The number of hydrogen-bond donors (Lipinski definition) is 2. The molecule has 0 aliphatic carbocycles. The molecule has 0 saturated heterocycles. The molecular formula is C14H26N4O. The molecule has 1 heterocycles. The summed E-state index contributed by atoms with van der Waals surface area (Å²) in [5.41, 5.74) is 0. The minimum Gasteiger partial charge on any atom is -0.380 e. The van der Waals surface area contributed by atoms with E-state index in [1.807, 2.05) is 6.07 Å². The van der Waals surface area contributed by atoms with Crippen LogP contribution < -0.4 is 10.6 Å². The highest BCUT2D eigenvalue weighted by molar-refractivity contribution is 5.46. The average Bonchev–Trinajstić information content (AvgIpc) is 2.40. The number of rotatable bonds is 10. The second-order valence-electron chi connectivity index (χ2n) is 4.94. The van der Waals surface area contributed by atoms with Gasteiger partial charge in [0.1, 0.15) is 18.0 Å². The zero-order valence-corrected chi connectivity index (χ0v) is 12.3. The second kappa shape index (κ2) is 9.55. The van der Waals surface area contributed by atoms with Crippen LogP contribution in [0, 0.1) is 5.92 Å². The Morgan fingerprint density at radius 1 is 1.11 bits per heavy atom. The fourth-order valence-electron chi connectivity index (χ4n) is 1.48. The van der Waals surface area contributed by atoms with E-state index in [0.29, 0.717) is 12.5 Å². The second-order valence-corrected chi connectivity index (χ2v) is 4.94. The Kier molecular flexibility index (Phi) is 7.89. The zero-order valence-electron chi connectivity index (χ0n) is 12.3. The molecule has 0 aliphatic heterocycles. The van der Waals surface area contributed by atoms with Crippen molar-refractivity contribution >= 4 is 11.6 Å². The van der Waals surface area contributed by atoms with Gasteiger partial charge in [0, 0.05) is 25.8 Å². The van der Waals surface area contributed by atoms with E-state index in [1.165, 1.54) is 0 Å². The molecule has 0 amide bonds. The van der Waals surface area contributed by atoms with Gasteiger partial charge in [-0.3, -0.25) is 0 Å². The molecule has 0 aromatic carbocycles. The molecule has 1 aromatic heterocycles. The van der Waals surface area contributed by atoms with Crippen molar-refractivity contribution in [2.45, 2.75) is 33.6 Å². The van der Waals surface area contributed by atoms with Crippen LogP contribution in [0.25, 0.3) is 0 Å². The lowest BCUT2D eigenvalue weighted by atomic mass is 10.1. The molecule has 5 heteroatoms. The number of nitrogens with zero attached hydrogens (tertiary/aromatic N) is 2. The van der Waals surface area contributed by atoms with Gasteiger partial charge in [-0.25, -0.2) is 9.97 Å². The van der Waals surface area contributed by atoms with Crippen LogP contribution in [-0.4, -0.2) is 36.3 Å². The third kappa shape index (κ3) is 7.62. The predicted octanol–water partition coefficient (Wildman–Crippen LogP) is 2.77. The van der Waals surface area contributed by atoms with E-state index in [1.54, 1.807) is 6.33 Å². The maximum absolute atomic E-state index is 5.54. The molecule has 108 valence electrons. The van der Waals surface area contributed by atoms with Gasteiger partial charge in [0.05, 0.1) is 6.61 Å². The number of anilines is 2. The third-order valence-electron chi connectivity index (χ3n) is 2.62. The lowest BCUT2D eigenvalue weighted by molar-refractivity contribution is 0.132. The molecule has 19 heavy (non-hydrogen) atoms. The Bertz CT molecular complexity index is 344. The number of hydrogen-bond acceptors (Lipinski definition) is 5. The van der Waals surface area contributed by atoms with E-state index in [9.17, 15) is 0 Å². The standard InChI is InChI=1S/C14H26N4O/c1-4-6-15-13-10-14(18-11-17-13)16-7-9-19-8-5-12(2)3/h10-12H,4-9H2,1-3H3,(H2,15,16,17,18). The predicted molar refractivity (Wildman–Crippen MR) is 79.6 cm³/mol. The van der Waals surface area contributed by atoms with Crippen molar-refractivity contribution in [3.63, 3.8) is 0 Å². The van der Waals surface area contributed by atoms with Crippen molar-refractivity contribution in [1.29, 1.82) is 0 Å². The van der Waals surface area contributed by atoms with E-state index in [-0.39, 0.29) is 0 Å². The molecular weight excluding hydrogens is 240 g/mol. The molecule has 0 spiro atoms. The summed E-state index contributed by atoms with van der Waals surface area (Å²) in [5, 5.41) is 6.47. The van der Waals surface area contributed by atoms with Crippen LogP contribution in [-0.2, 0) is 4.74 Å². The minimum atomic E-state index is 0.696. The van der Waals surface area contributed by atoms with Crippen LogP contribution >= 0.6 is 0 Å². The summed E-state index contributed by atoms with van der Waals surface area (Å²) in [6, 6.07) is 1.92. The normalized spacial score (nSPS) is 10.7. The van der Waals surface area contributed by atoms with Gasteiger partial charge in [0.25, 0.3) is 0 Å². The van der Waals surface area contributed by atoms with Crippen molar-refractivity contribution in [1.82, 2.24) is 9.97 Å². The van der Waals surface area contributed by atoms with Gasteiger partial charge in [-0.15, -0.1) is 0 Å². The Morgan fingerprint density at radius 3 is 2.42 bits per heavy atom. The molecule has 0 fully saturated rings. The summed E-state index contributed by atoms with van der Waals surface area (Å²) < 4.78 is 5.54. The first kappa shape index (κ1) is 15.7. The molecule has 1 aromatic rings. The Balaban J connectivity index is 2.18. The van der Waals surface area contributed by atoms with Crippen LogP contribution in [0.4, 0.5) is 11.6 Å². The van der Waals surface area contributed by atoms with E-state index < -0.39 is 0 Å². The summed E-state index contributed by atoms with van der Waals surface area (Å²) in [7, 11) is 0. The molecule has 0 bridgehead atoms. The van der Waals surface area contributed by atoms with Crippen molar-refractivity contribution in [3.8, 4) is 0 Å². The molecule has 0 saturated carbocycles. The van der Waals surface area contributed by atoms with Crippen LogP contribution in [0.1, 0.15) is 33.6 Å². The SMILES string of the molecule is CCCNc1cc(NCCOCCC(C)C)ncn1. The minimum absolute atomic E-state index is 0.696. The first-order valence-electron chi connectivity index (χ1n) is 7.10. The summed E-state index contributed by atoms with van der Waals surface area (Å²) in [6.07, 6.45) is 3.76.